The Labute approximate surface area is 97.8 Å². The summed E-state index contributed by atoms with van der Waals surface area (Å²) in [6.07, 6.45) is 4.32. The van der Waals surface area contributed by atoms with Crippen molar-refractivity contribution in [2.24, 2.45) is 5.73 Å². The summed E-state index contributed by atoms with van der Waals surface area (Å²) in [5.74, 6) is 1.07. The summed E-state index contributed by atoms with van der Waals surface area (Å²) in [6.45, 7) is 5.06. The molecule has 2 N–H and O–H groups in total. The van der Waals surface area contributed by atoms with Crippen molar-refractivity contribution in [3.63, 3.8) is 0 Å². The molecule has 0 radical (unpaired) electrons. The molecule has 0 bridgehead atoms. The summed E-state index contributed by atoms with van der Waals surface area (Å²) in [7, 11) is 0. The van der Waals surface area contributed by atoms with E-state index in [0.29, 0.717) is 0 Å². The van der Waals surface area contributed by atoms with Gasteiger partial charge in [-0.3, -0.25) is 0 Å². The molecule has 1 aromatic rings. The molecule has 88 valence electrons. The lowest BCUT2D eigenvalue weighted by atomic mass is 9.93. The van der Waals surface area contributed by atoms with Gasteiger partial charge in [0.15, 0.2) is 0 Å². The highest BCUT2D eigenvalue weighted by Gasteiger charge is 2.26. The third-order valence-electron chi connectivity index (χ3n) is 3.18. The zero-order valence-electron chi connectivity index (χ0n) is 10.3. The summed E-state index contributed by atoms with van der Waals surface area (Å²) >= 11 is 0. The minimum Gasteiger partial charge on any atom is -0.488 e. The Hall–Kier alpha value is -1.02. The normalized spacial score (nSPS) is 17.7. The number of hydrogen-bond donors (Lipinski definition) is 1. The Kier molecular flexibility index (Phi) is 3.20. The van der Waals surface area contributed by atoms with Crippen LogP contribution in [0, 0.1) is 0 Å². The molecular weight excluding hydrogens is 198 g/mol. The number of benzene rings is 1. The zero-order chi connectivity index (χ0) is 11.6. The van der Waals surface area contributed by atoms with E-state index in [2.05, 4.69) is 32.0 Å². The fourth-order valence-corrected chi connectivity index (χ4v) is 2.15. The molecule has 1 aliphatic heterocycles. The molecule has 16 heavy (non-hydrogen) atoms. The van der Waals surface area contributed by atoms with E-state index in [0.717, 1.165) is 38.0 Å². The standard InChI is InChI=1S/C14H21NO/c1-14(2)8-7-12-6-5-11(4-3-9-15)10-13(12)16-14/h5-6,10H,3-4,7-9,15H2,1-2H3. The van der Waals surface area contributed by atoms with Crippen LogP contribution in [-0.4, -0.2) is 12.1 Å². The Morgan fingerprint density at radius 1 is 1.38 bits per heavy atom. The van der Waals surface area contributed by atoms with Gasteiger partial charge >= 0.3 is 0 Å². The predicted octanol–water partition coefficient (Wildman–Crippen LogP) is 2.68. The van der Waals surface area contributed by atoms with Gasteiger partial charge in [-0.2, -0.15) is 0 Å². The topological polar surface area (TPSA) is 35.2 Å². The first-order chi connectivity index (χ1) is 7.61. The lowest BCUT2D eigenvalue weighted by Gasteiger charge is -2.32. The van der Waals surface area contributed by atoms with Crippen LogP contribution in [0.3, 0.4) is 0 Å². The molecular formula is C14H21NO. The van der Waals surface area contributed by atoms with Crippen molar-refractivity contribution in [1.82, 2.24) is 0 Å². The smallest absolute Gasteiger partial charge is 0.123 e. The summed E-state index contributed by atoms with van der Waals surface area (Å²) in [5.41, 5.74) is 8.19. The first-order valence-corrected chi connectivity index (χ1v) is 6.12. The summed E-state index contributed by atoms with van der Waals surface area (Å²) < 4.78 is 6.01. The molecule has 0 spiro atoms. The monoisotopic (exact) mass is 219 g/mol. The molecule has 0 fully saturated rings. The number of hydrogen-bond acceptors (Lipinski definition) is 2. The maximum absolute atomic E-state index is 6.01. The van der Waals surface area contributed by atoms with Crippen molar-refractivity contribution in [2.75, 3.05) is 6.54 Å². The third kappa shape index (κ3) is 2.56. The van der Waals surface area contributed by atoms with E-state index in [1.807, 2.05) is 0 Å². The highest BCUT2D eigenvalue weighted by molar-refractivity contribution is 5.39. The predicted molar refractivity (Wildman–Crippen MR) is 66.8 cm³/mol. The van der Waals surface area contributed by atoms with Crippen molar-refractivity contribution < 1.29 is 4.74 Å². The Bertz CT molecular complexity index is 371. The van der Waals surface area contributed by atoms with Crippen molar-refractivity contribution in [3.8, 4) is 5.75 Å². The minimum atomic E-state index is -0.0144. The molecule has 0 aliphatic carbocycles. The van der Waals surface area contributed by atoms with Crippen LogP contribution in [0.25, 0.3) is 0 Å². The highest BCUT2D eigenvalue weighted by atomic mass is 16.5. The van der Waals surface area contributed by atoms with Gasteiger partial charge in [-0.1, -0.05) is 12.1 Å². The minimum absolute atomic E-state index is 0.0144. The van der Waals surface area contributed by atoms with Gasteiger partial charge in [-0.05, 0) is 63.3 Å². The number of rotatable bonds is 3. The van der Waals surface area contributed by atoms with Gasteiger partial charge in [0.2, 0.25) is 0 Å². The van der Waals surface area contributed by atoms with Crippen LogP contribution >= 0.6 is 0 Å². The van der Waals surface area contributed by atoms with Crippen molar-refractivity contribution in [3.05, 3.63) is 29.3 Å². The Morgan fingerprint density at radius 3 is 2.94 bits per heavy atom. The van der Waals surface area contributed by atoms with Crippen LogP contribution in [0.5, 0.6) is 5.75 Å². The highest BCUT2D eigenvalue weighted by Crippen LogP contribution is 2.33. The van der Waals surface area contributed by atoms with Crippen molar-refractivity contribution in [1.29, 1.82) is 0 Å². The van der Waals surface area contributed by atoms with Crippen LogP contribution in [0.15, 0.2) is 18.2 Å². The van der Waals surface area contributed by atoms with Crippen molar-refractivity contribution >= 4 is 0 Å². The fraction of sp³-hybridized carbons (Fsp3) is 0.571. The molecule has 2 rings (SSSR count). The zero-order valence-corrected chi connectivity index (χ0v) is 10.3. The van der Waals surface area contributed by atoms with Gasteiger partial charge in [0.05, 0.1) is 0 Å². The molecule has 2 nitrogen and oxygen atoms in total. The molecule has 0 amide bonds. The van der Waals surface area contributed by atoms with Crippen LogP contribution in [0.2, 0.25) is 0 Å². The van der Waals surface area contributed by atoms with Crippen LogP contribution in [0.1, 0.15) is 37.8 Å². The number of ether oxygens (including phenoxy) is 1. The molecule has 0 saturated carbocycles. The van der Waals surface area contributed by atoms with Crippen LogP contribution in [-0.2, 0) is 12.8 Å². The van der Waals surface area contributed by atoms with E-state index in [-0.39, 0.29) is 5.60 Å². The second kappa shape index (κ2) is 4.46. The number of nitrogens with two attached hydrogens (primary N) is 1. The lowest BCUT2D eigenvalue weighted by molar-refractivity contribution is 0.0846. The van der Waals surface area contributed by atoms with E-state index in [1.54, 1.807) is 0 Å². The molecule has 0 atom stereocenters. The fourth-order valence-electron chi connectivity index (χ4n) is 2.15. The molecule has 0 aromatic heterocycles. The molecule has 0 saturated heterocycles. The van der Waals surface area contributed by atoms with Crippen LogP contribution in [0.4, 0.5) is 0 Å². The van der Waals surface area contributed by atoms with Gasteiger partial charge in [-0.15, -0.1) is 0 Å². The third-order valence-corrected chi connectivity index (χ3v) is 3.18. The average molecular weight is 219 g/mol. The quantitative estimate of drug-likeness (QED) is 0.848. The maximum Gasteiger partial charge on any atom is 0.123 e. The average Bonchev–Trinajstić information content (AvgIpc) is 2.24. The number of aryl methyl sites for hydroxylation is 2. The van der Waals surface area contributed by atoms with Gasteiger partial charge in [0, 0.05) is 0 Å². The van der Waals surface area contributed by atoms with Gasteiger partial charge in [0.1, 0.15) is 11.4 Å². The van der Waals surface area contributed by atoms with E-state index in [9.17, 15) is 0 Å². The van der Waals surface area contributed by atoms with Gasteiger partial charge < -0.3 is 10.5 Å². The van der Waals surface area contributed by atoms with E-state index in [4.69, 9.17) is 10.5 Å². The Morgan fingerprint density at radius 2 is 2.19 bits per heavy atom. The maximum atomic E-state index is 6.01. The molecule has 0 unspecified atom stereocenters. The second-order valence-electron chi connectivity index (χ2n) is 5.20. The van der Waals surface area contributed by atoms with Crippen molar-refractivity contribution in [2.45, 2.75) is 45.1 Å². The largest absolute Gasteiger partial charge is 0.488 e. The Balaban J connectivity index is 2.17. The van der Waals surface area contributed by atoms with Gasteiger partial charge in [-0.25, -0.2) is 0 Å². The SMILES string of the molecule is CC1(C)CCc2ccc(CCCN)cc2O1. The van der Waals surface area contributed by atoms with Crippen LogP contribution < -0.4 is 10.5 Å². The molecule has 1 aromatic carbocycles. The molecule has 1 heterocycles. The summed E-state index contributed by atoms with van der Waals surface area (Å²) in [5, 5.41) is 0. The van der Waals surface area contributed by atoms with E-state index >= 15 is 0 Å². The first kappa shape index (κ1) is 11.5. The van der Waals surface area contributed by atoms with Gasteiger partial charge in [0.25, 0.3) is 0 Å². The molecule has 2 heteroatoms. The second-order valence-corrected chi connectivity index (χ2v) is 5.20. The first-order valence-electron chi connectivity index (χ1n) is 6.12. The van der Waals surface area contributed by atoms with E-state index < -0.39 is 0 Å². The summed E-state index contributed by atoms with van der Waals surface area (Å²) in [4.78, 5) is 0. The molecule has 1 aliphatic rings. The summed E-state index contributed by atoms with van der Waals surface area (Å²) in [6, 6.07) is 6.60. The number of fused-ring (bicyclic) bond motifs is 1. The lowest BCUT2D eigenvalue weighted by Crippen LogP contribution is -2.32. The van der Waals surface area contributed by atoms with E-state index in [1.165, 1.54) is 11.1 Å².